The van der Waals surface area contributed by atoms with Crippen LogP contribution in [0.2, 0.25) is 0 Å². The Morgan fingerprint density at radius 3 is 2.58 bits per heavy atom. The molecule has 9 heteroatoms. The van der Waals surface area contributed by atoms with Crippen molar-refractivity contribution >= 4 is 28.7 Å². The zero-order chi connectivity index (χ0) is 17.7. The summed E-state index contributed by atoms with van der Waals surface area (Å²) < 4.78 is 1.06. The number of aliphatic carboxylic acids is 2. The molecule has 126 valence electrons. The van der Waals surface area contributed by atoms with Crippen LogP contribution in [-0.4, -0.2) is 43.7 Å². The van der Waals surface area contributed by atoms with Crippen LogP contribution < -0.4 is 10.9 Å². The van der Waals surface area contributed by atoms with Crippen molar-refractivity contribution in [2.45, 2.75) is 25.4 Å². The second-order valence-electron chi connectivity index (χ2n) is 5.09. The van der Waals surface area contributed by atoms with Gasteiger partial charge in [-0.05, 0) is 18.6 Å². The summed E-state index contributed by atoms with van der Waals surface area (Å²) >= 11 is 0. The fourth-order valence-corrected chi connectivity index (χ4v) is 2.14. The van der Waals surface area contributed by atoms with E-state index in [0.29, 0.717) is 10.9 Å². The molecule has 2 rings (SSSR count). The van der Waals surface area contributed by atoms with Gasteiger partial charge >= 0.3 is 11.9 Å². The molecule has 0 spiro atoms. The van der Waals surface area contributed by atoms with Crippen molar-refractivity contribution < 1.29 is 24.6 Å². The topological polar surface area (TPSA) is 139 Å². The number of benzene rings is 1. The highest BCUT2D eigenvalue weighted by Gasteiger charge is 2.21. The molecular weight excluding hydrogens is 318 g/mol. The van der Waals surface area contributed by atoms with Gasteiger partial charge in [0.2, 0.25) is 5.91 Å². The number of nitrogens with zero attached hydrogens (tertiary/aromatic N) is 2. The maximum absolute atomic E-state index is 12.2. The highest BCUT2D eigenvalue weighted by atomic mass is 16.4. The summed E-state index contributed by atoms with van der Waals surface area (Å²) in [5.74, 6) is -3.22. The van der Waals surface area contributed by atoms with Gasteiger partial charge in [0.25, 0.3) is 5.56 Å². The number of carboxylic acid groups (broad SMARTS) is 2. The Morgan fingerprint density at radius 1 is 1.21 bits per heavy atom. The summed E-state index contributed by atoms with van der Waals surface area (Å²) in [6, 6.07) is 5.30. The van der Waals surface area contributed by atoms with Crippen LogP contribution in [0, 0.1) is 0 Å². The molecule has 3 N–H and O–H groups in total. The monoisotopic (exact) mass is 333 g/mol. The molecule has 0 radical (unpaired) electrons. The predicted octanol–water partition coefficient (Wildman–Crippen LogP) is -0.169. The third-order valence-electron chi connectivity index (χ3n) is 3.33. The van der Waals surface area contributed by atoms with E-state index in [1.165, 1.54) is 6.33 Å². The van der Waals surface area contributed by atoms with Gasteiger partial charge in [-0.3, -0.25) is 19.0 Å². The lowest BCUT2D eigenvalue weighted by Crippen LogP contribution is -2.43. The first-order chi connectivity index (χ1) is 11.4. The van der Waals surface area contributed by atoms with Crippen LogP contribution in [0.4, 0.5) is 0 Å². The molecule has 0 saturated carbocycles. The third-order valence-corrected chi connectivity index (χ3v) is 3.33. The Labute approximate surface area is 135 Å². The molecule has 1 atom stereocenters. The smallest absolute Gasteiger partial charge is 0.326 e. The summed E-state index contributed by atoms with van der Waals surface area (Å²) in [5, 5.41) is 20.1. The molecular formula is C15H15N3O6. The molecule has 1 heterocycles. The van der Waals surface area contributed by atoms with Crippen LogP contribution >= 0.6 is 0 Å². The number of carbonyl (C=O) groups excluding carboxylic acids is 1. The Hall–Kier alpha value is -3.23. The van der Waals surface area contributed by atoms with Crippen LogP contribution in [-0.2, 0) is 20.9 Å². The lowest BCUT2D eigenvalue weighted by atomic mass is 10.1. The van der Waals surface area contributed by atoms with Crippen molar-refractivity contribution in [1.29, 1.82) is 0 Å². The van der Waals surface area contributed by atoms with Gasteiger partial charge in [0.15, 0.2) is 0 Å². The van der Waals surface area contributed by atoms with Gasteiger partial charge in [-0.15, -0.1) is 0 Å². The molecule has 0 unspecified atom stereocenters. The Bertz CT molecular complexity index is 844. The standard InChI is InChI=1S/C15H15N3O6/c19-12(17-11(15(23)24)5-6-13(20)21)7-18-8-16-10-4-2-1-3-9(10)14(18)22/h1-4,8,11H,5-7H2,(H,17,19)(H,20,21)(H,23,24)/t11-/m0/s1. The number of aromatic nitrogens is 2. The summed E-state index contributed by atoms with van der Waals surface area (Å²) in [7, 11) is 0. The van der Waals surface area contributed by atoms with E-state index < -0.39 is 42.4 Å². The molecule has 0 aliphatic rings. The molecule has 1 aromatic carbocycles. The van der Waals surface area contributed by atoms with Crippen molar-refractivity contribution in [3.63, 3.8) is 0 Å². The zero-order valence-corrected chi connectivity index (χ0v) is 12.5. The minimum absolute atomic E-state index is 0.249. The number of hydrogen-bond donors (Lipinski definition) is 3. The largest absolute Gasteiger partial charge is 0.481 e. The molecule has 0 fully saturated rings. The average Bonchev–Trinajstić information content (AvgIpc) is 2.54. The molecule has 0 aliphatic heterocycles. The van der Waals surface area contributed by atoms with Gasteiger partial charge < -0.3 is 15.5 Å². The number of carboxylic acids is 2. The van der Waals surface area contributed by atoms with Crippen LogP contribution in [0.15, 0.2) is 35.4 Å². The average molecular weight is 333 g/mol. The molecule has 2 aromatic rings. The Morgan fingerprint density at radius 2 is 1.92 bits per heavy atom. The maximum Gasteiger partial charge on any atom is 0.326 e. The minimum atomic E-state index is -1.34. The van der Waals surface area contributed by atoms with E-state index in [1.807, 2.05) is 0 Å². The van der Waals surface area contributed by atoms with E-state index >= 15 is 0 Å². The lowest BCUT2D eigenvalue weighted by molar-refractivity contribution is -0.143. The van der Waals surface area contributed by atoms with Crippen molar-refractivity contribution in [3.8, 4) is 0 Å². The van der Waals surface area contributed by atoms with Gasteiger partial charge in [0.05, 0.1) is 17.2 Å². The third kappa shape index (κ3) is 4.15. The van der Waals surface area contributed by atoms with E-state index in [-0.39, 0.29) is 6.42 Å². The van der Waals surface area contributed by atoms with Crippen LogP contribution in [0.25, 0.3) is 10.9 Å². The van der Waals surface area contributed by atoms with Crippen molar-refractivity contribution in [3.05, 3.63) is 40.9 Å². The predicted molar refractivity (Wildman–Crippen MR) is 82.4 cm³/mol. The van der Waals surface area contributed by atoms with E-state index in [2.05, 4.69) is 10.3 Å². The molecule has 0 saturated heterocycles. The lowest BCUT2D eigenvalue weighted by Gasteiger charge is -2.14. The summed E-state index contributed by atoms with van der Waals surface area (Å²) in [4.78, 5) is 49.8. The fraction of sp³-hybridized carbons (Fsp3) is 0.267. The Kier molecular flexibility index (Phi) is 5.25. The molecule has 0 bridgehead atoms. The van der Waals surface area contributed by atoms with E-state index in [0.717, 1.165) is 4.57 Å². The second-order valence-corrected chi connectivity index (χ2v) is 5.09. The van der Waals surface area contributed by atoms with Crippen molar-refractivity contribution in [2.75, 3.05) is 0 Å². The van der Waals surface area contributed by atoms with Crippen molar-refractivity contribution in [1.82, 2.24) is 14.9 Å². The molecule has 9 nitrogen and oxygen atoms in total. The van der Waals surface area contributed by atoms with Crippen LogP contribution in [0.1, 0.15) is 12.8 Å². The quantitative estimate of drug-likeness (QED) is 0.639. The first-order valence-electron chi connectivity index (χ1n) is 7.06. The highest BCUT2D eigenvalue weighted by molar-refractivity contribution is 5.84. The summed E-state index contributed by atoms with van der Waals surface area (Å²) in [6.45, 7) is -0.409. The normalized spacial score (nSPS) is 11.8. The number of nitrogens with one attached hydrogen (secondary N) is 1. The maximum atomic E-state index is 12.2. The number of amides is 1. The first kappa shape index (κ1) is 17.1. The van der Waals surface area contributed by atoms with Crippen LogP contribution in [0.5, 0.6) is 0 Å². The van der Waals surface area contributed by atoms with E-state index in [1.54, 1.807) is 24.3 Å². The van der Waals surface area contributed by atoms with Gasteiger partial charge in [0, 0.05) is 6.42 Å². The number of hydrogen-bond acceptors (Lipinski definition) is 5. The number of carbonyl (C=O) groups is 3. The number of fused-ring (bicyclic) bond motifs is 1. The van der Waals surface area contributed by atoms with Gasteiger partial charge in [-0.25, -0.2) is 9.78 Å². The number of para-hydroxylation sites is 1. The highest BCUT2D eigenvalue weighted by Crippen LogP contribution is 2.04. The first-order valence-corrected chi connectivity index (χ1v) is 7.06. The van der Waals surface area contributed by atoms with Gasteiger partial charge in [-0.1, -0.05) is 12.1 Å². The number of rotatable bonds is 7. The van der Waals surface area contributed by atoms with Gasteiger partial charge in [-0.2, -0.15) is 0 Å². The summed E-state index contributed by atoms with van der Waals surface area (Å²) in [5.41, 5.74) is 0.0668. The van der Waals surface area contributed by atoms with E-state index in [4.69, 9.17) is 10.2 Å². The molecule has 0 aliphatic carbocycles. The molecule has 24 heavy (non-hydrogen) atoms. The Balaban J connectivity index is 2.11. The van der Waals surface area contributed by atoms with E-state index in [9.17, 15) is 19.2 Å². The fourth-order valence-electron chi connectivity index (χ4n) is 2.14. The van der Waals surface area contributed by atoms with Gasteiger partial charge in [0.1, 0.15) is 12.6 Å². The SMILES string of the molecule is O=C(O)CC[C@H](NC(=O)Cn1cnc2ccccc2c1=O)C(=O)O. The molecule has 1 amide bonds. The zero-order valence-electron chi connectivity index (χ0n) is 12.5. The summed E-state index contributed by atoms with van der Waals surface area (Å²) in [6.07, 6.45) is 0.563. The molecule has 1 aromatic heterocycles. The minimum Gasteiger partial charge on any atom is -0.481 e. The van der Waals surface area contributed by atoms with Crippen LogP contribution in [0.3, 0.4) is 0 Å². The van der Waals surface area contributed by atoms with Crippen molar-refractivity contribution in [2.24, 2.45) is 0 Å². The second kappa shape index (κ2) is 7.36.